The third-order valence-corrected chi connectivity index (χ3v) is 5.14. The van der Waals surface area contributed by atoms with E-state index in [0.29, 0.717) is 13.1 Å². The van der Waals surface area contributed by atoms with Gasteiger partial charge in [0.1, 0.15) is 11.6 Å². The fourth-order valence-electron chi connectivity index (χ4n) is 2.02. The Morgan fingerprint density at radius 1 is 1.35 bits per heavy atom. The number of hydrogen-bond acceptors (Lipinski definition) is 5. The lowest BCUT2D eigenvalue weighted by molar-refractivity contribution is 0.568. The van der Waals surface area contributed by atoms with Gasteiger partial charge in [-0.25, -0.2) is 18.4 Å². The standard InChI is InChI=1S/C11H17N3O2S/c1-8-6-11(13-10(3)12-8)14-4-5-17(15,16)9(2)7-14/h6,9H,4-5,7H2,1-3H3/t9-/m0/s1. The monoisotopic (exact) mass is 255 g/mol. The normalized spacial score (nSPS) is 23.7. The average Bonchev–Trinajstić information content (AvgIpc) is 2.20. The van der Waals surface area contributed by atoms with Gasteiger partial charge in [-0.1, -0.05) is 0 Å². The highest BCUT2D eigenvalue weighted by atomic mass is 32.2. The van der Waals surface area contributed by atoms with Crippen LogP contribution in [0.4, 0.5) is 5.82 Å². The summed E-state index contributed by atoms with van der Waals surface area (Å²) in [6, 6.07) is 1.90. The Morgan fingerprint density at radius 3 is 2.65 bits per heavy atom. The molecule has 0 radical (unpaired) electrons. The zero-order valence-corrected chi connectivity index (χ0v) is 11.2. The van der Waals surface area contributed by atoms with Crippen molar-refractivity contribution in [1.29, 1.82) is 0 Å². The Morgan fingerprint density at radius 2 is 2.06 bits per heavy atom. The van der Waals surface area contributed by atoms with Gasteiger partial charge in [0.05, 0.1) is 11.0 Å². The minimum absolute atomic E-state index is 0.205. The van der Waals surface area contributed by atoms with E-state index in [4.69, 9.17) is 0 Å². The van der Waals surface area contributed by atoms with Gasteiger partial charge in [0.2, 0.25) is 0 Å². The maximum atomic E-state index is 11.6. The molecule has 0 saturated carbocycles. The van der Waals surface area contributed by atoms with Crippen molar-refractivity contribution >= 4 is 15.7 Å². The molecule has 1 aliphatic rings. The van der Waals surface area contributed by atoms with Crippen LogP contribution in [0.15, 0.2) is 6.07 Å². The molecule has 6 heteroatoms. The van der Waals surface area contributed by atoms with E-state index in [2.05, 4.69) is 9.97 Å². The third-order valence-electron chi connectivity index (χ3n) is 3.01. The highest BCUT2D eigenvalue weighted by molar-refractivity contribution is 7.92. The lowest BCUT2D eigenvalue weighted by atomic mass is 10.3. The van der Waals surface area contributed by atoms with Crippen LogP contribution < -0.4 is 4.90 Å². The quantitative estimate of drug-likeness (QED) is 0.740. The average molecular weight is 255 g/mol. The Balaban J connectivity index is 2.25. The molecule has 94 valence electrons. The number of hydrogen-bond donors (Lipinski definition) is 0. The SMILES string of the molecule is Cc1cc(N2CCS(=O)(=O)[C@@H](C)C2)nc(C)n1. The molecular weight excluding hydrogens is 238 g/mol. The Labute approximate surface area is 102 Å². The zero-order chi connectivity index (χ0) is 12.6. The fourth-order valence-corrected chi connectivity index (χ4v) is 3.31. The van der Waals surface area contributed by atoms with Crippen LogP contribution in [0.3, 0.4) is 0 Å². The summed E-state index contributed by atoms with van der Waals surface area (Å²) in [7, 11) is -2.91. The molecule has 1 aromatic rings. The van der Waals surface area contributed by atoms with Gasteiger partial charge in [-0.2, -0.15) is 0 Å². The molecule has 1 aromatic heterocycles. The van der Waals surface area contributed by atoms with Crippen molar-refractivity contribution in [2.75, 3.05) is 23.7 Å². The number of aromatic nitrogens is 2. The Bertz CT molecular complexity index is 507. The van der Waals surface area contributed by atoms with Crippen molar-refractivity contribution in [1.82, 2.24) is 9.97 Å². The smallest absolute Gasteiger partial charge is 0.156 e. The van der Waals surface area contributed by atoms with Crippen molar-refractivity contribution in [2.45, 2.75) is 26.0 Å². The van der Waals surface area contributed by atoms with Crippen molar-refractivity contribution in [2.24, 2.45) is 0 Å². The summed E-state index contributed by atoms with van der Waals surface area (Å²) in [5.74, 6) is 1.76. The molecule has 0 aromatic carbocycles. The zero-order valence-electron chi connectivity index (χ0n) is 10.3. The second-order valence-corrected chi connectivity index (χ2v) is 7.08. The topological polar surface area (TPSA) is 63.2 Å². The van der Waals surface area contributed by atoms with Crippen molar-refractivity contribution in [3.8, 4) is 0 Å². The highest BCUT2D eigenvalue weighted by Gasteiger charge is 2.30. The van der Waals surface area contributed by atoms with Crippen molar-refractivity contribution in [3.05, 3.63) is 17.6 Å². The molecule has 0 amide bonds. The Hall–Kier alpha value is -1.17. The summed E-state index contributed by atoms with van der Waals surface area (Å²) in [5, 5.41) is -0.327. The second-order valence-electron chi connectivity index (χ2n) is 4.54. The van der Waals surface area contributed by atoms with E-state index in [-0.39, 0.29) is 11.0 Å². The first-order valence-corrected chi connectivity index (χ1v) is 7.39. The minimum atomic E-state index is -2.91. The van der Waals surface area contributed by atoms with Crippen LogP contribution in [0.5, 0.6) is 0 Å². The van der Waals surface area contributed by atoms with E-state index in [1.165, 1.54) is 0 Å². The first-order valence-electron chi connectivity index (χ1n) is 5.67. The predicted octanol–water partition coefficient (Wildman–Crippen LogP) is 0.717. The van der Waals surface area contributed by atoms with Crippen LogP contribution in [0.2, 0.25) is 0 Å². The van der Waals surface area contributed by atoms with Gasteiger partial charge in [0, 0.05) is 24.8 Å². The van der Waals surface area contributed by atoms with Gasteiger partial charge in [0.15, 0.2) is 9.84 Å². The summed E-state index contributed by atoms with van der Waals surface area (Å²) in [4.78, 5) is 10.6. The molecule has 0 aliphatic carbocycles. The molecule has 1 atom stereocenters. The molecule has 1 aliphatic heterocycles. The molecule has 1 saturated heterocycles. The van der Waals surface area contributed by atoms with Gasteiger partial charge >= 0.3 is 0 Å². The highest BCUT2D eigenvalue weighted by Crippen LogP contribution is 2.19. The van der Waals surface area contributed by atoms with Gasteiger partial charge in [-0.05, 0) is 20.8 Å². The maximum absolute atomic E-state index is 11.6. The van der Waals surface area contributed by atoms with E-state index in [1.807, 2.05) is 24.8 Å². The van der Waals surface area contributed by atoms with Gasteiger partial charge < -0.3 is 4.90 Å². The summed E-state index contributed by atoms with van der Waals surface area (Å²) in [5.41, 5.74) is 0.911. The van der Waals surface area contributed by atoms with Crippen LogP contribution in [0.25, 0.3) is 0 Å². The van der Waals surface area contributed by atoms with Crippen LogP contribution in [-0.4, -0.2) is 42.5 Å². The van der Waals surface area contributed by atoms with E-state index >= 15 is 0 Å². The molecule has 2 heterocycles. The maximum Gasteiger partial charge on any atom is 0.156 e. The number of anilines is 1. The summed E-state index contributed by atoms with van der Waals surface area (Å²) >= 11 is 0. The number of sulfone groups is 1. The number of nitrogens with zero attached hydrogens (tertiary/aromatic N) is 3. The fraction of sp³-hybridized carbons (Fsp3) is 0.636. The van der Waals surface area contributed by atoms with E-state index in [1.54, 1.807) is 6.92 Å². The number of rotatable bonds is 1. The Kier molecular flexibility index (Phi) is 3.07. The summed E-state index contributed by atoms with van der Waals surface area (Å²) < 4.78 is 23.3. The van der Waals surface area contributed by atoms with Crippen LogP contribution in [-0.2, 0) is 9.84 Å². The van der Waals surface area contributed by atoms with E-state index < -0.39 is 9.84 Å². The third kappa shape index (κ3) is 2.57. The van der Waals surface area contributed by atoms with Gasteiger partial charge in [-0.3, -0.25) is 0 Å². The molecule has 0 spiro atoms. The first kappa shape index (κ1) is 12.3. The van der Waals surface area contributed by atoms with Gasteiger partial charge in [0.25, 0.3) is 0 Å². The van der Waals surface area contributed by atoms with Crippen LogP contribution >= 0.6 is 0 Å². The van der Waals surface area contributed by atoms with E-state index in [0.717, 1.165) is 17.3 Å². The molecule has 0 N–H and O–H groups in total. The molecule has 0 bridgehead atoms. The lowest BCUT2D eigenvalue weighted by Crippen LogP contribution is -2.46. The number of aryl methyl sites for hydroxylation is 2. The molecule has 0 unspecified atom stereocenters. The molecule has 17 heavy (non-hydrogen) atoms. The summed E-state index contributed by atoms with van der Waals surface area (Å²) in [6.07, 6.45) is 0. The lowest BCUT2D eigenvalue weighted by Gasteiger charge is -2.31. The second kappa shape index (κ2) is 4.25. The van der Waals surface area contributed by atoms with E-state index in [9.17, 15) is 8.42 Å². The predicted molar refractivity (Wildman–Crippen MR) is 67.0 cm³/mol. The van der Waals surface area contributed by atoms with Gasteiger partial charge in [-0.15, -0.1) is 0 Å². The molecule has 1 fully saturated rings. The van der Waals surface area contributed by atoms with Crippen molar-refractivity contribution in [3.63, 3.8) is 0 Å². The van der Waals surface area contributed by atoms with Crippen molar-refractivity contribution < 1.29 is 8.42 Å². The molecular formula is C11H17N3O2S. The minimum Gasteiger partial charge on any atom is -0.354 e. The largest absolute Gasteiger partial charge is 0.354 e. The molecule has 2 rings (SSSR count). The molecule has 5 nitrogen and oxygen atoms in total. The van der Waals surface area contributed by atoms with Crippen LogP contribution in [0.1, 0.15) is 18.4 Å². The van der Waals surface area contributed by atoms with Crippen LogP contribution in [0, 0.1) is 13.8 Å². The summed E-state index contributed by atoms with van der Waals surface area (Å²) in [6.45, 7) is 6.55. The first-order chi connectivity index (χ1) is 7.88.